The summed E-state index contributed by atoms with van der Waals surface area (Å²) in [6.45, 7) is 5.72. The first-order valence-electron chi connectivity index (χ1n) is 8.05. The fourth-order valence-electron chi connectivity index (χ4n) is 3.21. The number of aryl methyl sites for hydroxylation is 1. The van der Waals surface area contributed by atoms with Gasteiger partial charge in [-0.1, -0.05) is 0 Å². The van der Waals surface area contributed by atoms with Crippen molar-refractivity contribution in [3.63, 3.8) is 0 Å². The Labute approximate surface area is 135 Å². The van der Waals surface area contributed by atoms with Gasteiger partial charge in [-0.25, -0.2) is 0 Å². The van der Waals surface area contributed by atoms with Crippen molar-refractivity contribution in [1.29, 1.82) is 0 Å². The van der Waals surface area contributed by atoms with Crippen molar-refractivity contribution in [2.75, 3.05) is 26.2 Å². The van der Waals surface area contributed by atoms with Crippen LogP contribution in [-0.4, -0.2) is 58.9 Å². The molecule has 126 valence electrons. The standard InChI is InChI=1S/C15H24N6O2/c1-10-9-20(4-5-23-10)15(17)18-7-11-2-3-21-13(6-11)12(8-19-21)14(16)22/h8,10-11H,2-7,9H2,1H3,(H2,16,22)(H2,17,18). The second-order valence-electron chi connectivity index (χ2n) is 6.28. The van der Waals surface area contributed by atoms with Crippen molar-refractivity contribution < 1.29 is 9.53 Å². The van der Waals surface area contributed by atoms with E-state index in [2.05, 4.69) is 15.0 Å². The van der Waals surface area contributed by atoms with Gasteiger partial charge in [0.25, 0.3) is 5.91 Å². The summed E-state index contributed by atoms with van der Waals surface area (Å²) in [5.41, 5.74) is 13.0. The van der Waals surface area contributed by atoms with Crippen LogP contribution in [0.5, 0.6) is 0 Å². The topological polar surface area (TPSA) is 112 Å². The van der Waals surface area contributed by atoms with Crippen LogP contribution in [-0.2, 0) is 17.7 Å². The van der Waals surface area contributed by atoms with E-state index in [0.717, 1.165) is 38.2 Å². The fraction of sp³-hybridized carbons (Fsp3) is 0.667. The zero-order chi connectivity index (χ0) is 16.4. The number of hydrogen-bond donors (Lipinski definition) is 2. The lowest BCUT2D eigenvalue weighted by Crippen LogP contribution is -2.48. The summed E-state index contributed by atoms with van der Waals surface area (Å²) >= 11 is 0. The zero-order valence-corrected chi connectivity index (χ0v) is 13.4. The lowest BCUT2D eigenvalue weighted by atomic mass is 9.94. The molecule has 2 aliphatic rings. The summed E-state index contributed by atoms with van der Waals surface area (Å²) in [7, 11) is 0. The molecular weight excluding hydrogens is 296 g/mol. The average molecular weight is 320 g/mol. The van der Waals surface area contributed by atoms with Crippen molar-refractivity contribution in [2.24, 2.45) is 22.4 Å². The van der Waals surface area contributed by atoms with Crippen LogP contribution in [0.15, 0.2) is 11.2 Å². The van der Waals surface area contributed by atoms with Crippen molar-refractivity contribution in [1.82, 2.24) is 14.7 Å². The van der Waals surface area contributed by atoms with Gasteiger partial charge in [0, 0.05) is 26.2 Å². The van der Waals surface area contributed by atoms with E-state index < -0.39 is 5.91 Å². The van der Waals surface area contributed by atoms with E-state index in [1.54, 1.807) is 6.20 Å². The van der Waals surface area contributed by atoms with Gasteiger partial charge < -0.3 is 21.1 Å². The SMILES string of the molecule is CC1CN(C(N)=NCC2CCn3ncc(C(N)=O)c3C2)CCO1. The maximum Gasteiger partial charge on any atom is 0.252 e. The number of primary amides is 1. The number of guanidine groups is 1. The minimum Gasteiger partial charge on any atom is -0.375 e. The Morgan fingerprint density at radius 3 is 3.04 bits per heavy atom. The predicted octanol–water partition coefficient (Wildman–Crippen LogP) is -0.420. The molecule has 2 aliphatic heterocycles. The number of nitrogens with zero attached hydrogens (tertiary/aromatic N) is 4. The highest BCUT2D eigenvalue weighted by atomic mass is 16.5. The number of aromatic nitrogens is 2. The van der Waals surface area contributed by atoms with Crippen LogP contribution < -0.4 is 11.5 Å². The first kappa shape index (κ1) is 15.8. The Morgan fingerprint density at radius 2 is 2.30 bits per heavy atom. The summed E-state index contributed by atoms with van der Waals surface area (Å²) in [4.78, 5) is 18.1. The highest BCUT2D eigenvalue weighted by molar-refractivity contribution is 5.93. The van der Waals surface area contributed by atoms with Crippen LogP contribution in [0.3, 0.4) is 0 Å². The first-order chi connectivity index (χ1) is 11.0. The minimum atomic E-state index is -0.419. The first-order valence-corrected chi connectivity index (χ1v) is 8.05. The highest BCUT2D eigenvalue weighted by Gasteiger charge is 2.24. The van der Waals surface area contributed by atoms with Crippen LogP contribution in [0, 0.1) is 5.92 Å². The Balaban J connectivity index is 1.62. The maximum absolute atomic E-state index is 11.4. The number of carbonyl (C=O) groups excluding carboxylic acids is 1. The molecule has 0 spiro atoms. The number of carbonyl (C=O) groups is 1. The Bertz CT molecular complexity index is 611. The molecule has 23 heavy (non-hydrogen) atoms. The maximum atomic E-state index is 11.4. The van der Waals surface area contributed by atoms with Crippen molar-refractivity contribution in [3.8, 4) is 0 Å². The Kier molecular flexibility index (Phi) is 4.51. The second kappa shape index (κ2) is 6.57. The molecule has 8 heteroatoms. The number of aliphatic imine (C=N–C) groups is 1. The Morgan fingerprint density at radius 1 is 1.48 bits per heavy atom. The van der Waals surface area contributed by atoms with Gasteiger partial charge in [0.2, 0.25) is 0 Å². The van der Waals surface area contributed by atoms with Gasteiger partial charge in [-0.15, -0.1) is 0 Å². The van der Waals surface area contributed by atoms with Gasteiger partial charge in [-0.05, 0) is 25.7 Å². The highest BCUT2D eigenvalue weighted by Crippen LogP contribution is 2.23. The largest absolute Gasteiger partial charge is 0.375 e. The van der Waals surface area contributed by atoms with E-state index in [0.29, 0.717) is 30.6 Å². The lowest BCUT2D eigenvalue weighted by Gasteiger charge is -2.32. The van der Waals surface area contributed by atoms with E-state index in [9.17, 15) is 4.79 Å². The molecule has 2 atom stereocenters. The van der Waals surface area contributed by atoms with E-state index in [-0.39, 0.29) is 6.10 Å². The molecule has 0 bridgehead atoms. The number of rotatable bonds is 3. The molecule has 4 N–H and O–H groups in total. The van der Waals surface area contributed by atoms with Crippen molar-refractivity contribution in [2.45, 2.75) is 32.4 Å². The van der Waals surface area contributed by atoms with Crippen LogP contribution >= 0.6 is 0 Å². The molecule has 1 aromatic heterocycles. The van der Waals surface area contributed by atoms with E-state index in [1.165, 1.54) is 0 Å². The van der Waals surface area contributed by atoms with Crippen LogP contribution in [0.4, 0.5) is 0 Å². The minimum absolute atomic E-state index is 0.180. The molecule has 0 aromatic carbocycles. The number of fused-ring (bicyclic) bond motifs is 1. The van der Waals surface area contributed by atoms with E-state index in [1.807, 2.05) is 11.6 Å². The van der Waals surface area contributed by atoms with Crippen LogP contribution in [0.2, 0.25) is 0 Å². The summed E-state index contributed by atoms with van der Waals surface area (Å²) in [5, 5.41) is 4.22. The third kappa shape index (κ3) is 3.47. The molecule has 1 amide bonds. The quantitative estimate of drug-likeness (QED) is 0.580. The molecule has 3 rings (SSSR count). The number of ether oxygens (including phenoxy) is 1. The van der Waals surface area contributed by atoms with Gasteiger partial charge in [0.05, 0.1) is 30.2 Å². The van der Waals surface area contributed by atoms with Crippen LogP contribution in [0.1, 0.15) is 29.4 Å². The van der Waals surface area contributed by atoms with E-state index >= 15 is 0 Å². The van der Waals surface area contributed by atoms with E-state index in [4.69, 9.17) is 16.2 Å². The second-order valence-corrected chi connectivity index (χ2v) is 6.28. The smallest absolute Gasteiger partial charge is 0.252 e. The summed E-state index contributed by atoms with van der Waals surface area (Å²) in [6, 6.07) is 0. The molecule has 2 unspecified atom stereocenters. The third-order valence-electron chi connectivity index (χ3n) is 4.52. The molecule has 8 nitrogen and oxygen atoms in total. The molecule has 1 aromatic rings. The molecule has 1 saturated heterocycles. The van der Waals surface area contributed by atoms with Gasteiger partial charge in [-0.2, -0.15) is 5.10 Å². The lowest BCUT2D eigenvalue weighted by molar-refractivity contribution is 0.00527. The molecule has 0 radical (unpaired) electrons. The van der Waals surface area contributed by atoms with Crippen molar-refractivity contribution >= 4 is 11.9 Å². The molecular formula is C15H24N6O2. The number of nitrogens with two attached hydrogens (primary N) is 2. The average Bonchev–Trinajstić information content (AvgIpc) is 2.96. The number of amides is 1. The fourth-order valence-corrected chi connectivity index (χ4v) is 3.21. The monoisotopic (exact) mass is 320 g/mol. The number of hydrogen-bond acceptors (Lipinski definition) is 4. The summed E-state index contributed by atoms with van der Waals surface area (Å²) in [5.74, 6) is 0.515. The van der Waals surface area contributed by atoms with Gasteiger partial charge >= 0.3 is 0 Å². The molecule has 0 aliphatic carbocycles. The predicted molar refractivity (Wildman–Crippen MR) is 86.0 cm³/mol. The van der Waals surface area contributed by atoms with Crippen molar-refractivity contribution in [3.05, 3.63) is 17.5 Å². The third-order valence-corrected chi connectivity index (χ3v) is 4.52. The van der Waals surface area contributed by atoms with Gasteiger partial charge in [0.1, 0.15) is 0 Å². The molecule has 3 heterocycles. The number of morpholine rings is 1. The summed E-state index contributed by atoms with van der Waals surface area (Å²) < 4.78 is 7.38. The van der Waals surface area contributed by atoms with Crippen LogP contribution in [0.25, 0.3) is 0 Å². The van der Waals surface area contributed by atoms with Gasteiger partial charge in [0.15, 0.2) is 5.96 Å². The molecule has 0 saturated carbocycles. The molecule has 1 fully saturated rings. The zero-order valence-electron chi connectivity index (χ0n) is 13.4. The normalized spacial score (nSPS) is 25.3. The summed E-state index contributed by atoms with van der Waals surface area (Å²) in [6.07, 6.45) is 3.48. The van der Waals surface area contributed by atoms with Gasteiger partial charge in [-0.3, -0.25) is 14.5 Å². The Hall–Kier alpha value is -2.09.